The molecule has 0 saturated heterocycles. The Balaban J connectivity index is 1.48. The topological polar surface area (TPSA) is 52.0 Å². The zero-order valence-electron chi connectivity index (χ0n) is 17.4. The minimum atomic E-state index is -3.02. The SMILES string of the molecule is CC(C)(C)S(=O)(=O)CC1CCC(CCc2ccc(-n3cnc(Cl)c3Cl)cc2)CC1. The summed E-state index contributed by atoms with van der Waals surface area (Å²) < 4.78 is 26.0. The third-order valence-electron chi connectivity index (χ3n) is 6.08. The van der Waals surface area contributed by atoms with Crippen molar-refractivity contribution < 1.29 is 8.42 Å². The summed E-state index contributed by atoms with van der Waals surface area (Å²) in [7, 11) is -3.02. The molecule has 0 N–H and O–H groups in total. The van der Waals surface area contributed by atoms with Gasteiger partial charge in [-0.15, -0.1) is 0 Å². The highest BCUT2D eigenvalue weighted by Gasteiger charge is 2.33. The Morgan fingerprint density at radius 2 is 1.62 bits per heavy atom. The molecule has 0 atom stereocenters. The highest BCUT2D eigenvalue weighted by molar-refractivity contribution is 7.92. The summed E-state index contributed by atoms with van der Waals surface area (Å²) in [6, 6.07) is 8.32. The van der Waals surface area contributed by atoms with Crippen LogP contribution in [0, 0.1) is 11.8 Å². The van der Waals surface area contributed by atoms with Gasteiger partial charge in [-0.05, 0) is 76.0 Å². The number of nitrogens with zero attached hydrogens (tertiary/aromatic N) is 2. The van der Waals surface area contributed by atoms with Crippen molar-refractivity contribution in [3.8, 4) is 5.69 Å². The van der Waals surface area contributed by atoms with Crippen LogP contribution in [0.4, 0.5) is 0 Å². The standard InChI is InChI=1S/C22H30Cl2N2O2S/c1-22(2,3)29(27,28)14-18-8-6-16(7-9-18)4-5-17-10-12-19(13-11-17)26-15-25-20(23)21(26)24/h10-13,15-16,18H,4-9,14H2,1-3H3. The van der Waals surface area contributed by atoms with E-state index in [4.69, 9.17) is 23.2 Å². The van der Waals surface area contributed by atoms with E-state index in [0.29, 0.717) is 27.9 Å². The van der Waals surface area contributed by atoms with Crippen LogP contribution < -0.4 is 0 Å². The molecule has 7 heteroatoms. The van der Waals surface area contributed by atoms with Crippen LogP contribution in [0.2, 0.25) is 10.3 Å². The molecule has 0 aliphatic heterocycles. The number of halogens is 2. The van der Waals surface area contributed by atoms with Crippen LogP contribution in [0.25, 0.3) is 5.69 Å². The summed E-state index contributed by atoms with van der Waals surface area (Å²) in [4.78, 5) is 4.01. The Hall–Kier alpha value is -1.04. The Bertz CT molecular complexity index is 923. The molecule has 1 aromatic carbocycles. The second-order valence-electron chi connectivity index (χ2n) is 9.18. The van der Waals surface area contributed by atoms with Crippen LogP contribution in [-0.2, 0) is 16.3 Å². The second kappa shape index (κ2) is 8.99. The molecule has 4 nitrogen and oxygen atoms in total. The number of sulfone groups is 1. The molecule has 0 bridgehead atoms. The molecule has 0 amide bonds. The summed E-state index contributed by atoms with van der Waals surface area (Å²) in [5, 5.41) is 0.728. The van der Waals surface area contributed by atoms with Gasteiger partial charge in [-0.2, -0.15) is 0 Å². The normalized spacial score (nSPS) is 20.7. The number of rotatable bonds is 6. The van der Waals surface area contributed by atoms with Crippen molar-refractivity contribution >= 4 is 33.0 Å². The maximum atomic E-state index is 12.4. The van der Waals surface area contributed by atoms with Crippen LogP contribution in [-0.4, -0.2) is 28.5 Å². The first-order valence-corrected chi connectivity index (χ1v) is 12.7. The van der Waals surface area contributed by atoms with Gasteiger partial charge < -0.3 is 0 Å². The van der Waals surface area contributed by atoms with E-state index >= 15 is 0 Å². The van der Waals surface area contributed by atoms with E-state index in [2.05, 4.69) is 17.1 Å². The number of aromatic nitrogens is 2. The molecule has 1 fully saturated rings. The monoisotopic (exact) mass is 456 g/mol. The quantitative estimate of drug-likeness (QED) is 0.524. The molecule has 1 aromatic heterocycles. The van der Waals surface area contributed by atoms with E-state index in [1.807, 2.05) is 12.1 Å². The fraction of sp³-hybridized carbons (Fsp3) is 0.591. The average molecular weight is 457 g/mol. The maximum absolute atomic E-state index is 12.4. The minimum absolute atomic E-state index is 0.307. The third kappa shape index (κ3) is 5.56. The molecule has 1 aliphatic carbocycles. The van der Waals surface area contributed by atoms with E-state index in [1.54, 1.807) is 31.7 Å². The lowest BCUT2D eigenvalue weighted by Gasteiger charge is -2.30. The Kier molecular flexibility index (Phi) is 7.02. The Morgan fingerprint density at radius 1 is 1.03 bits per heavy atom. The van der Waals surface area contributed by atoms with Crippen LogP contribution in [0.3, 0.4) is 0 Å². The first-order valence-electron chi connectivity index (χ1n) is 10.3. The van der Waals surface area contributed by atoms with E-state index in [1.165, 1.54) is 5.56 Å². The van der Waals surface area contributed by atoms with Gasteiger partial charge in [-0.25, -0.2) is 13.4 Å². The van der Waals surface area contributed by atoms with Gasteiger partial charge in [0.05, 0.1) is 10.5 Å². The zero-order chi connectivity index (χ0) is 21.2. The largest absolute Gasteiger partial charge is 0.288 e. The number of aryl methyl sites for hydroxylation is 1. The average Bonchev–Trinajstić information content (AvgIpc) is 2.99. The molecule has 1 heterocycles. The van der Waals surface area contributed by atoms with Crippen molar-refractivity contribution in [3.05, 3.63) is 46.5 Å². The smallest absolute Gasteiger partial charge is 0.166 e. The number of hydrogen-bond acceptors (Lipinski definition) is 3. The highest BCUT2D eigenvalue weighted by Crippen LogP contribution is 2.34. The van der Waals surface area contributed by atoms with Gasteiger partial charge in [-0.1, -0.05) is 48.2 Å². The molecular formula is C22H30Cl2N2O2S. The molecule has 3 rings (SSSR count). The van der Waals surface area contributed by atoms with Gasteiger partial charge in [0, 0.05) is 5.69 Å². The number of hydrogen-bond donors (Lipinski definition) is 0. The van der Waals surface area contributed by atoms with E-state index < -0.39 is 14.6 Å². The van der Waals surface area contributed by atoms with Gasteiger partial charge >= 0.3 is 0 Å². The summed E-state index contributed by atoms with van der Waals surface area (Å²) in [6.07, 6.45) is 8.12. The fourth-order valence-corrected chi connectivity index (χ4v) is 5.71. The summed E-state index contributed by atoms with van der Waals surface area (Å²) in [5.41, 5.74) is 2.24. The van der Waals surface area contributed by atoms with Gasteiger partial charge in [-0.3, -0.25) is 4.57 Å². The summed E-state index contributed by atoms with van der Waals surface area (Å²) in [5.74, 6) is 1.34. The molecule has 1 saturated carbocycles. The number of benzene rings is 1. The minimum Gasteiger partial charge on any atom is -0.288 e. The molecule has 160 valence electrons. The molecule has 0 radical (unpaired) electrons. The van der Waals surface area contributed by atoms with Crippen LogP contribution in [0.5, 0.6) is 0 Å². The van der Waals surface area contributed by atoms with Gasteiger partial charge in [0.25, 0.3) is 0 Å². The third-order valence-corrected chi connectivity index (χ3v) is 9.59. The molecule has 29 heavy (non-hydrogen) atoms. The molecule has 2 aromatic rings. The Labute approximate surface area is 184 Å². The van der Waals surface area contributed by atoms with Crippen molar-refractivity contribution in [3.63, 3.8) is 0 Å². The van der Waals surface area contributed by atoms with Gasteiger partial charge in [0.1, 0.15) is 6.33 Å². The van der Waals surface area contributed by atoms with E-state index in [0.717, 1.165) is 44.2 Å². The molecule has 0 unspecified atom stereocenters. The van der Waals surface area contributed by atoms with Gasteiger partial charge in [0.2, 0.25) is 0 Å². The highest BCUT2D eigenvalue weighted by atomic mass is 35.5. The fourth-order valence-electron chi connectivity index (χ4n) is 3.93. The lowest BCUT2D eigenvalue weighted by Crippen LogP contribution is -2.34. The maximum Gasteiger partial charge on any atom is 0.166 e. The molecule has 1 aliphatic rings. The summed E-state index contributed by atoms with van der Waals surface area (Å²) >= 11 is 12.1. The number of imidazole rings is 1. The van der Waals surface area contributed by atoms with E-state index in [9.17, 15) is 8.42 Å². The zero-order valence-corrected chi connectivity index (χ0v) is 19.7. The Morgan fingerprint density at radius 3 is 2.14 bits per heavy atom. The predicted molar refractivity (Wildman–Crippen MR) is 121 cm³/mol. The second-order valence-corrected chi connectivity index (χ2v) is 12.7. The van der Waals surface area contributed by atoms with E-state index in [-0.39, 0.29) is 0 Å². The van der Waals surface area contributed by atoms with Crippen LogP contribution in [0.1, 0.15) is 58.4 Å². The van der Waals surface area contributed by atoms with Crippen molar-refractivity contribution in [2.45, 2.75) is 64.0 Å². The van der Waals surface area contributed by atoms with Crippen molar-refractivity contribution in [2.75, 3.05) is 5.75 Å². The van der Waals surface area contributed by atoms with Crippen LogP contribution >= 0.6 is 23.2 Å². The first-order chi connectivity index (χ1) is 13.6. The molecular weight excluding hydrogens is 427 g/mol. The predicted octanol–water partition coefficient (Wildman–Crippen LogP) is 6.13. The van der Waals surface area contributed by atoms with Crippen molar-refractivity contribution in [2.24, 2.45) is 11.8 Å². The molecule has 0 spiro atoms. The first kappa shape index (κ1) is 22.6. The lowest BCUT2D eigenvalue weighted by atomic mass is 9.80. The van der Waals surface area contributed by atoms with Crippen LogP contribution in [0.15, 0.2) is 30.6 Å². The van der Waals surface area contributed by atoms with Crippen molar-refractivity contribution in [1.82, 2.24) is 9.55 Å². The lowest BCUT2D eigenvalue weighted by molar-refractivity contribution is 0.278. The van der Waals surface area contributed by atoms with Crippen molar-refractivity contribution in [1.29, 1.82) is 0 Å². The van der Waals surface area contributed by atoms with Gasteiger partial charge in [0.15, 0.2) is 20.1 Å². The summed E-state index contributed by atoms with van der Waals surface area (Å²) in [6.45, 7) is 5.40.